The molecule has 0 radical (unpaired) electrons. The summed E-state index contributed by atoms with van der Waals surface area (Å²) in [4.78, 5) is 16.6. The molecule has 4 rings (SSSR count). The van der Waals surface area contributed by atoms with Gasteiger partial charge in [0.1, 0.15) is 11.5 Å². The third-order valence-corrected chi connectivity index (χ3v) is 4.82. The fourth-order valence-corrected chi connectivity index (χ4v) is 3.48. The molecule has 4 heteroatoms. The molecule has 0 amide bonds. The summed E-state index contributed by atoms with van der Waals surface area (Å²) in [5, 5.41) is 12.5. The Morgan fingerprint density at radius 2 is 1.71 bits per heavy atom. The first-order valence-electron chi connectivity index (χ1n) is 7.51. The highest BCUT2D eigenvalue weighted by Crippen LogP contribution is 2.25. The Hall–Kier alpha value is -2.98. The zero-order valence-corrected chi connectivity index (χ0v) is 13.5. The van der Waals surface area contributed by atoms with E-state index >= 15 is 0 Å². The molecule has 3 nitrogen and oxygen atoms in total. The Labute approximate surface area is 142 Å². The number of hydrogen-bond acceptors (Lipinski definition) is 4. The van der Waals surface area contributed by atoms with Gasteiger partial charge in [0.15, 0.2) is 0 Å². The molecule has 0 fully saturated rings. The van der Waals surface area contributed by atoms with E-state index in [0.717, 1.165) is 32.3 Å². The standard InChI is InChI=1S/C20H13NO2S/c22-18(15-9-5-7-13-6-1-2-8-14(13)15)12-17-20(23)24-19-11-4-3-10-16(19)21-17/h1-12,22H/b18-12-. The Morgan fingerprint density at radius 1 is 0.958 bits per heavy atom. The molecule has 4 aromatic rings. The molecule has 1 heterocycles. The third-order valence-electron chi connectivity index (χ3n) is 3.86. The molecule has 3 aromatic carbocycles. The van der Waals surface area contributed by atoms with Gasteiger partial charge in [-0.15, -0.1) is 0 Å². The molecule has 0 atom stereocenters. The molecular weight excluding hydrogens is 318 g/mol. The smallest absolute Gasteiger partial charge is 0.258 e. The lowest BCUT2D eigenvalue weighted by atomic mass is 10.0. The molecular formula is C20H13NO2S. The van der Waals surface area contributed by atoms with E-state index in [1.807, 2.05) is 66.7 Å². The highest BCUT2D eigenvalue weighted by atomic mass is 32.1. The van der Waals surface area contributed by atoms with Gasteiger partial charge in [0, 0.05) is 11.6 Å². The predicted molar refractivity (Wildman–Crippen MR) is 100 cm³/mol. The van der Waals surface area contributed by atoms with Crippen molar-refractivity contribution < 1.29 is 5.11 Å². The summed E-state index contributed by atoms with van der Waals surface area (Å²) in [7, 11) is 0. The monoisotopic (exact) mass is 331 g/mol. The summed E-state index contributed by atoms with van der Waals surface area (Å²) < 4.78 is 0.671. The maximum Gasteiger partial charge on any atom is 0.258 e. The zero-order valence-electron chi connectivity index (χ0n) is 12.6. The minimum atomic E-state index is -0.166. The van der Waals surface area contributed by atoms with E-state index < -0.39 is 0 Å². The first-order valence-corrected chi connectivity index (χ1v) is 8.33. The largest absolute Gasteiger partial charge is 0.507 e. The van der Waals surface area contributed by atoms with Gasteiger partial charge in [-0.25, -0.2) is 4.98 Å². The summed E-state index contributed by atoms with van der Waals surface area (Å²) in [5.74, 6) is 0.0406. The normalized spacial score (nSPS) is 11.9. The van der Waals surface area contributed by atoms with Crippen LogP contribution in [0.25, 0.3) is 32.8 Å². The van der Waals surface area contributed by atoms with Crippen molar-refractivity contribution in [1.29, 1.82) is 0 Å². The number of rotatable bonds is 2. The Kier molecular flexibility index (Phi) is 3.59. The number of nitrogens with zero attached hydrogens (tertiary/aromatic N) is 1. The summed E-state index contributed by atoms with van der Waals surface area (Å²) >= 11 is 1.14. The molecule has 0 aliphatic heterocycles. The fourth-order valence-electron chi connectivity index (χ4n) is 2.71. The molecule has 0 saturated carbocycles. The fraction of sp³-hybridized carbons (Fsp3) is 0. The highest BCUT2D eigenvalue weighted by molar-refractivity contribution is 7.16. The number of para-hydroxylation sites is 1. The molecule has 0 saturated heterocycles. The maximum absolute atomic E-state index is 12.3. The van der Waals surface area contributed by atoms with E-state index in [9.17, 15) is 9.90 Å². The van der Waals surface area contributed by atoms with Crippen molar-refractivity contribution in [2.75, 3.05) is 0 Å². The van der Waals surface area contributed by atoms with Crippen LogP contribution in [0.2, 0.25) is 0 Å². The van der Waals surface area contributed by atoms with Crippen LogP contribution < -0.4 is 4.74 Å². The number of aromatic nitrogens is 1. The van der Waals surface area contributed by atoms with Crippen LogP contribution >= 0.6 is 11.3 Å². The second-order valence-corrected chi connectivity index (χ2v) is 6.43. The van der Waals surface area contributed by atoms with Gasteiger partial charge in [0.2, 0.25) is 0 Å². The average Bonchev–Trinajstić information content (AvgIpc) is 2.62. The van der Waals surface area contributed by atoms with E-state index in [2.05, 4.69) is 4.98 Å². The van der Waals surface area contributed by atoms with Crippen LogP contribution in [0.15, 0.2) is 71.5 Å². The summed E-state index contributed by atoms with van der Waals surface area (Å²) in [6, 6.07) is 21.0. The van der Waals surface area contributed by atoms with Crippen LogP contribution in [0, 0.1) is 0 Å². The van der Waals surface area contributed by atoms with Crippen molar-refractivity contribution in [3.05, 3.63) is 87.5 Å². The Morgan fingerprint density at radius 3 is 2.62 bits per heavy atom. The molecule has 24 heavy (non-hydrogen) atoms. The van der Waals surface area contributed by atoms with Gasteiger partial charge in [0.05, 0.1) is 10.2 Å². The van der Waals surface area contributed by atoms with Gasteiger partial charge < -0.3 is 5.11 Å². The number of aliphatic hydroxyl groups is 1. The maximum atomic E-state index is 12.3. The molecule has 0 unspecified atom stereocenters. The number of fused-ring (bicyclic) bond motifs is 2. The van der Waals surface area contributed by atoms with E-state index in [0.29, 0.717) is 5.56 Å². The molecule has 116 valence electrons. The zero-order chi connectivity index (χ0) is 16.5. The van der Waals surface area contributed by atoms with Crippen molar-refractivity contribution in [3.8, 4) is 0 Å². The lowest BCUT2D eigenvalue weighted by Gasteiger charge is -2.06. The van der Waals surface area contributed by atoms with Crippen molar-refractivity contribution >= 4 is 44.2 Å². The minimum absolute atomic E-state index is 0.0406. The molecule has 0 spiro atoms. The molecule has 1 aromatic heterocycles. The van der Waals surface area contributed by atoms with Crippen molar-refractivity contribution in [2.24, 2.45) is 0 Å². The van der Waals surface area contributed by atoms with E-state index in [4.69, 9.17) is 0 Å². The number of benzene rings is 3. The van der Waals surface area contributed by atoms with Gasteiger partial charge in [-0.1, -0.05) is 65.9 Å². The Balaban J connectivity index is 1.88. The topological polar surface area (TPSA) is 50.2 Å². The quantitative estimate of drug-likeness (QED) is 0.533. The van der Waals surface area contributed by atoms with Gasteiger partial charge in [0.25, 0.3) is 4.74 Å². The van der Waals surface area contributed by atoms with E-state index in [1.165, 1.54) is 6.08 Å². The summed E-state index contributed by atoms with van der Waals surface area (Å²) in [5.41, 5.74) is 1.69. The van der Waals surface area contributed by atoms with Gasteiger partial charge in [-0.2, -0.15) is 0 Å². The predicted octanol–water partition coefficient (Wildman–Crippen LogP) is 4.87. The average molecular weight is 331 g/mol. The summed E-state index contributed by atoms with van der Waals surface area (Å²) in [6.45, 7) is 0. The van der Waals surface area contributed by atoms with Crippen molar-refractivity contribution in [3.63, 3.8) is 0 Å². The first-order chi connectivity index (χ1) is 11.7. The van der Waals surface area contributed by atoms with Crippen LogP contribution in [-0.2, 0) is 0 Å². The lowest BCUT2D eigenvalue weighted by molar-refractivity contribution is 0.516. The van der Waals surface area contributed by atoms with Gasteiger partial charge in [-0.05, 0) is 22.9 Å². The van der Waals surface area contributed by atoms with Crippen LogP contribution in [-0.4, -0.2) is 10.1 Å². The molecule has 0 aliphatic rings. The van der Waals surface area contributed by atoms with Crippen LogP contribution in [0.1, 0.15) is 11.3 Å². The first kappa shape index (κ1) is 14.6. The Bertz CT molecular complexity index is 1140. The summed E-state index contributed by atoms with van der Waals surface area (Å²) in [6.07, 6.45) is 1.45. The minimum Gasteiger partial charge on any atom is -0.507 e. The number of hydrogen-bond donors (Lipinski definition) is 1. The molecule has 0 aliphatic carbocycles. The third kappa shape index (κ3) is 2.57. The molecule has 1 N–H and O–H groups in total. The SMILES string of the molecule is O=c1sc2ccccc2nc1/C=C(\O)c1cccc2ccccc12. The van der Waals surface area contributed by atoms with Crippen molar-refractivity contribution in [2.45, 2.75) is 0 Å². The van der Waals surface area contributed by atoms with Crippen LogP contribution in [0.4, 0.5) is 0 Å². The van der Waals surface area contributed by atoms with Gasteiger partial charge >= 0.3 is 0 Å². The van der Waals surface area contributed by atoms with Crippen LogP contribution in [0.3, 0.4) is 0 Å². The van der Waals surface area contributed by atoms with Crippen LogP contribution in [0.5, 0.6) is 0 Å². The van der Waals surface area contributed by atoms with E-state index in [1.54, 1.807) is 0 Å². The second kappa shape index (κ2) is 5.91. The highest BCUT2D eigenvalue weighted by Gasteiger charge is 2.08. The second-order valence-electron chi connectivity index (χ2n) is 5.41. The lowest BCUT2D eigenvalue weighted by Crippen LogP contribution is -2.03. The van der Waals surface area contributed by atoms with E-state index in [-0.39, 0.29) is 16.2 Å². The molecule has 0 bridgehead atoms. The van der Waals surface area contributed by atoms with Crippen molar-refractivity contribution in [1.82, 2.24) is 4.98 Å². The van der Waals surface area contributed by atoms with Gasteiger partial charge in [-0.3, -0.25) is 4.79 Å². The number of aliphatic hydroxyl groups excluding tert-OH is 1.